The van der Waals surface area contributed by atoms with E-state index in [0.717, 1.165) is 11.3 Å². The number of thiophene rings is 1. The Morgan fingerprint density at radius 1 is 1.33 bits per heavy atom. The molecule has 0 spiro atoms. The Morgan fingerprint density at radius 2 is 2.13 bits per heavy atom. The summed E-state index contributed by atoms with van der Waals surface area (Å²) in [6, 6.07) is 6.17. The van der Waals surface area contributed by atoms with E-state index in [1.807, 2.05) is 13.0 Å². The van der Waals surface area contributed by atoms with E-state index in [0.29, 0.717) is 0 Å². The Kier molecular flexibility index (Phi) is 2.90. The first-order valence-electron chi connectivity index (χ1n) is 4.79. The summed E-state index contributed by atoms with van der Waals surface area (Å²) in [4.78, 5) is 2.49. The number of aryl methyl sites for hydroxylation is 2. The Labute approximate surface area is 92.9 Å². The van der Waals surface area contributed by atoms with Crippen LogP contribution in [0.1, 0.15) is 27.1 Å². The van der Waals surface area contributed by atoms with Crippen LogP contribution in [0, 0.1) is 13.8 Å². The number of hydrogen-bond acceptors (Lipinski definition) is 4. The van der Waals surface area contributed by atoms with Gasteiger partial charge in [0.2, 0.25) is 0 Å². The van der Waals surface area contributed by atoms with Crippen LogP contribution in [0.5, 0.6) is 0 Å². The van der Waals surface area contributed by atoms with Crippen LogP contribution in [0.2, 0.25) is 0 Å². The summed E-state index contributed by atoms with van der Waals surface area (Å²) in [5.74, 6) is 6.50. The van der Waals surface area contributed by atoms with Gasteiger partial charge in [-0.2, -0.15) is 0 Å². The van der Waals surface area contributed by atoms with Crippen LogP contribution in [0.25, 0.3) is 0 Å². The fourth-order valence-electron chi connectivity index (χ4n) is 1.63. The molecule has 0 aliphatic carbocycles. The van der Waals surface area contributed by atoms with Crippen LogP contribution in [0.4, 0.5) is 0 Å². The third-order valence-electron chi connectivity index (χ3n) is 2.42. The summed E-state index contributed by atoms with van der Waals surface area (Å²) in [5.41, 5.74) is 3.92. The maximum atomic E-state index is 5.59. The molecule has 1 unspecified atom stereocenters. The molecule has 2 aromatic rings. The van der Waals surface area contributed by atoms with Crippen molar-refractivity contribution in [2.24, 2.45) is 5.84 Å². The molecule has 0 saturated carbocycles. The third kappa shape index (κ3) is 1.97. The van der Waals surface area contributed by atoms with Crippen LogP contribution >= 0.6 is 11.3 Å². The van der Waals surface area contributed by atoms with Crippen molar-refractivity contribution in [1.82, 2.24) is 5.43 Å². The SMILES string of the molecule is Cc1ccc(C(NN)c2ccoc2C)s1. The van der Waals surface area contributed by atoms with Gasteiger partial charge in [-0.05, 0) is 32.0 Å². The van der Waals surface area contributed by atoms with Gasteiger partial charge in [-0.1, -0.05) is 0 Å². The first kappa shape index (κ1) is 10.4. The zero-order chi connectivity index (χ0) is 10.8. The van der Waals surface area contributed by atoms with E-state index >= 15 is 0 Å². The Balaban J connectivity index is 2.36. The maximum absolute atomic E-state index is 5.59. The van der Waals surface area contributed by atoms with Gasteiger partial charge in [-0.15, -0.1) is 11.3 Å². The molecule has 0 fully saturated rings. The number of rotatable bonds is 3. The fourth-order valence-corrected chi connectivity index (χ4v) is 2.58. The Morgan fingerprint density at radius 3 is 2.60 bits per heavy atom. The first-order valence-corrected chi connectivity index (χ1v) is 5.60. The van der Waals surface area contributed by atoms with Gasteiger partial charge >= 0.3 is 0 Å². The number of nitrogens with one attached hydrogen (secondary N) is 1. The van der Waals surface area contributed by atoms with Crippen molar-refractivity contribution in [3.8, 4) is 0 Å². The van der Waals surface area contributed by atoms with Crippen LogP contribution in [-0.4, -0.2) is 0 Å². The minimum atomic E-state index is 0.0300. The van der Waals surface area contributed by atoms with Crippen LogP contribution in [0.15, 0.2) is 28.9 Å². The second-order valence-electron chi connectivity index (χ2n) is 3.48. The average molecular weight is 222 g/mol. The zero-order valence-corrected chi connectivity index (χ0v) is 9.60. The molecule has 0 radical (unpaired) electrons. The lowest BCUT2D eigenvalue weighted by atomic mass is 10.1. The summed E-state index contributed by atoms with van der Waals surface area (Å²) in [6.07, 6.45) is 1.69. The summed E-state index contributed by atoms with van der Waals surface area (Å²) in [6.45, 7) is 4.03. The van der Waals surface area contributed by atoms with E-state index < -0.39 is 0 Å². The van der Waals surface area contributed by atoms with Crippen LogP contribution in [0.3, 0.4) is 0 Å². The van der Waals surface area contributed by atoms with Gasteiger partial charge in [0.05, 0.1) is 12.3 Å². The van der Waals surface area contributed by atoms with Crippen LogP contribution in [-0.2, 0) is 0 Å². The van der Waals surface area contributed by atoms with Gasteiger partial charge in [0.25, 0.3) is 0 Å². The highest BCUT2D eigenvalue weighted by Crippen LogP contribution is 2.29. The molecule has 0 amide bonds. The molecule has 2 aromatic heterocycles. The molecule has 4 heteroatoms. The second-order valence-corrected chi connectivity index (χ2v) is 4.80. The summed E-state index contributed by atoms with van der Waals surface area (Å²) >= 11 is 1.74. The van der Waals surface area contributed by atoms with E-state index in [-0.39, 0.29) is 6.04 Å². The minimum absolute atomic E-state index is 0.0300. The highest BCUT2D eigenvalue weighted by Gasteiger charge is 2.17. The molecule has 0 aliphatic rings. The predicted molar refractivity (Wildman–Crippen MR) is 61.7 cm³/mol. The number of hydrazine groups is 1. The fraction of sp³-hybridized carbons (Fsp3) is 0.273. The van der Waals surface area contributed by atoms with Crippen molar-refractivity contribution < 1.29 is 4.42 Å². The van der Waals surface area contributed by atoms with Gasteiger partial charge in [0, 0.05) is 15.3 Å². The second kappa shape index (κ2) is 4.18. The zero-order valence-electron chi connectivity index (χ0n) is 8.78. The Bertz CT molecular complexity index is 447. The molecule has 3 N–H and O–H groups in total. The molecule has 2 heterocycles. The summed E-state index contributed by atoms with van der Waals surface area (Å²) in [5, 5.41) is 0. The van der Waals surface area contributed by atoms with E-state index in [1.54, 1.807) is 17.6 Å². The van der Waals surface area contributed by atoms with Gasteiger partial charge in [0.1, 0.15) is 5.76 Å². The molecular formula is C11H14N2OS. The summed E-state index contributed by atoms with van der Waals surface area (Å²) in [7, 11) is 0. The van der Waals surface area contributed by atoms with Gasteiger partial charge < -0.3 is 4.42 Å². The third-order valence-corrected chi connectivity index (χ3v) is 3.49. The smallest absolute Gasteiger partial charge is 0.105 e. The van der Waals surface area contributed by atoms with Gasteiger partial charge in [0.15, 0.2) is 0 Å². The molecule has 0 saturated heterocycles. The minimum Gasteiger partial charge on any atom is -0.469 e. The number of nitrogens with two attached hydrogens (primary N) is 1. The van der Waals surface area contributed by atoms with Crippen LogP contribution < -0.4 is 11.3 Å². The van der Waals surface area contributed by atoms with Crippen molar-refractivity contribution >= 4 is 11.3 Å². The van der Waals surface area contributed by atoms with Gasteiger partial charge in [-0.25, -0.2) is 5.43 Å². The van der Waals surface area contributed by atoms with E-state index in [4.69, 9.17) is 10.3 Å². The lowest BCUT2D eigenvalue weighted by molar-refractivity contribution is 0.521. The van der Waals surface area contributed by atoms with E-state index in [1.165, 1.54) is 9.75 Å². The van der Waals surface area contributed by atoms with Crippen molar-refractivity contribution in [1.29, 1.82) is 0 Å². The monoisotopic (exact) mass is 222 g/mol. The standard InChI is InChI=1S/C11H14N2OS/c1-7-3-4-10(15-7)11(13-12)9-5-6-14-8(9)2/h3-6,11,13H,12H2,1-2H3. The largest absolute Gasteiger partial charge is 0.469 e. The highest BCUT2D eigenvalue weighted by atomic mass is 32.1. The quantitative estimate of drug-likeness (QED) is 0.619. The number of furan rings is 1. The lowest BCUT2D eigenvalue weighted by Gasteiger charge is -2.13. The molecule has 0 aliphatic heterocycles. The predicted octanol–water partition coefficient (Wildman–Crippen LogP) is 2.51. The average Bonchev–Trinajstić information content (AvgIpc) is 2.79. The summed E-state index contributed by atoms with van der Waals surface area (Å²) < 4.78 is 5.28. The Hall–Kier alpha value is -1.10. The topological polar surface area (TPSA) is 51.2 Å². The first-order chi connectivity index (χ1) is 7.22. The van der Waals surface area contributed by atoms with Crippen molar-refractivity contribution in [2.45, 2.75) is 19.9 Å². The molecule has 15 heavy (non-hydrogen) atoms. The number of hydrogen-bond donors (Lipinski definition) is 2. The molecule has 0 bridgehead atoms. The maximum Gasteiger partial charge on any atom is 0.105 e. The molecule has 1 atom stereocenters. The van der Waals surface area contributed by atoms with Gasteiger partial charge in [-0.3, -0.25) is 5.84 Å². The van der Waals surface area contributed by atoms with E-state index in [2.05, 4.69) is 24.5 Å². The molecule has 3 nitrogen and oxygen atoms in total. The molecule has 80 valence electrons. The molecular weight excluding hydrogens is 208 g/mol. The van der Waals surface area contributed by atoms with Crippen molar-refractivity contribution in [3.63, 3.8) is 0 Å². The lowest BCUT2D eigenvalue weighted by Crippen LogP contribution is -2.28. The molecule has 0 aromatic carbocycles. The van der Waals surface area contributed by atoms with E-state index in [9.17, 15) is 0 Å². The van der Waals surface area contributed by atoms with Crippen molar-refractivity contribution in [3.05, 3.63) is 45.5 Å². The normalized spacial score (nSPS) is 13.0. The van der Waals surface area contributed by atoms with Crippen molar-refractivity contribution in [2.75, 3.05) is 0 Å². The molecule has 2 rings (SSSR count). The highest BCUT2D eigenvalue weighted by molar-refractivity contribution is 7.12.